The standard InChI is InChI=1S/C7H15NO3/c1-6(2,3)4-7(8,11)5(9)10/h11H,4,8H2,1-3H3,(H,9,10). The van der Waals surface area contributed by atoms with Gasteiger partial charge in [-0.1, -0.05) is 20.8 Å². The Morgan fingerprint density at radius 2 is 1.82 bits per heavy atom. The summed E-state index contributed by atoms with van der Waals surface area (Å²) >= 11 is 0. The fraction of sp³-hybridized carbons (Fsp3) is 0.857. The third kappa shape index (κ3) is 3.95. The molecule has 4 heteroatoms. The molecule has 0 aromatic carbocycles. The van der Waals surface area contributed by atoms with Crippen LogP contribution in [0.3, 0.4) is 0 Å². The minimum absolute atomic E-state index is 0.0370. The van der Waals surface area contributed by atoms with Gasteiger partial charge < -0.3 is 10.2 Å². The van der Waals surface area contributed by atoms with Crippen LogP contribution in [0, 0.1) is 5.41 Å². The second kappa shape index (κ2) is 2.79. The Labute approximate surface area is 66.0 Å². The normalized spacial score (nSPS) is 17.5. The summed E-state index contributed by atoms with van der Waals surface area (Å²) in [7, 11) is 0. The maximum atomic E-state index is 10.3. The van der Waals surface area contributed by atoms with Crippen molar-refractivity contribution in [3.05, 3.63) is 0 Å². The van der Waals surface area contributed by atoms with E-state index in [1.54, 1.807) is 0 Å². The molecule has 0 aliphatic carbocycles. The van der Waals surface area contributed by atoms with Crippen molar-refractivity contribution in [1.29, 1.82) is 0 Å². The first-order chi connectivity index (χ1) is 4.65. The Morgan fingerprint density at radius 1 is 1.45 bits per heavy atom. The average molecular weight is 161 g/mol. The molecule has 66 valence electrons. The van der Waals surface area contributed by atoms with Crippen LogP contribution in [0.25, 0.3) is 0 Å². The van der Waals surface area contributed by atoms with Crippen molar-refractivity contribution in [2.45, 2.75) is 32.9 Å². The van der Waals surface area contributed by atoms with Crippen LogP contribution >= 0.6 is 0 Å². The van der Waals surface area contributed by atoms with E-state index in [4.69, 9.17) is 15.9 Å². The molecule has 0 aliphatic heterocycles. The highest BCUT2D eigenvalue weighted by Crippen LogP contribution is 2.24. The predicted molar refractivity (Wildman–Crippen MR) is 40.8 cm³/mol. The van der Waals surface area contributed by atoms with Gasteiger partial charge in [-0.15, -0.1) is 0 Å². The van der Waals surface area contributed by atoms with Crippen molar-refractivity contribution in [3.63, 3.8) is 0 Å². The van der Waals surface area contributed by atoms with Crippen LogP contribution < -0.4 is 5.73 Å². The molecule has 1 unspecified atom stereocenters. The Hall–Kier alpha value is -0.610. The third-order valence-corrected chi connectivity index (χ3v) is 1.17. The fourth-order valence-electron chi connectivity index (χ4n) is 0.884. The van der Waals surface area contributed by atoms with Crippen LogP contribution in [0.5, 0.6) is 0 Å². The summed E-state index contributed by atoms with van der Waals surface area (Å²) in [4.78, 5) is 10.3. The number of nitrogens with two attached hydrogens (primary N) is 1. The Kier molecular flexibility index (Phi) is 2.64. The molecule has 0 heterocycles. The second-order valence-corrected chi connectivity index (χ2v) is 3.97. The zero-order valence-corrected chi connectivity index (χ0v) is 7.09. The number of carboxylic acid groups (broad SMARTS) is 1. The van der Waals surface area contributed by atoms with E-state index in [0.717, 1.165) is 0 Å². The van der Waals surface area contributed by atoms with Crippen LogP contribution in [-0.2, 0) is 4.79 Å². The molecule has 0 amide bonds. The van der Waals surface area contributed by atoms with Crippen molar-refractivity contribution >= 4 is 5.97 Å². The minimum Gasteiger partial charge on any atom is -0.478 e. The maximum Gasteiger partial charge on any atom is 0.351 e. The Bertz CT molecular complexity index is 158. The molecule has 0 aromatic rings. The highest BCUT2D eigenvalue weighted by Gasteiger charge is 2.35. The van der Waals surface area contributed by atoms with E-state index >= 15 is 0 Å². The number of aliphatic hydroxyl groups is 1. The van der Waals surface area contributed by atoms with Gasteiger partial charge in [0, 0.05) is 6.42 Å². The molecule has 0 radical (unpaired) electrons. The van der Waals surface area contributed by atoms with E-state index in [2.05, 4.69) is 0 Å². The van der Waals surface area contributed by atoms with Gasteiger partial charge in [0.25, 0.3) is 0 Å². The molecule has 4 nitrogen and oxygen atoms in total. The molecule has 0 rings (SSSR count). The van der Waals surface area contributed by atoms with Crippen LogP contribution in [0.1, 0.15) is 27.2 Å². The number of carbonyl (C=O) groups is 1. The summed E-state index contributed by atoms with van der Waals surface area (Å²) in [5.74, 6) is -1.38. The summed E-state index contributed by atoms with van der Waals surface area (Å²) in [5.41, 5.74) is 2.71. The first kappa shape index (κ1) is 10.4. The van der Waals surface area contributed by atoms with E-state index in [1.807, 2.05) is 20.8 Å². The molecular formula is C7H15NO3. The minimum atomic E-state index is -2.10. The summed E-state index contributed by atoms with van der Waals surface area (Å²) < 4.78 is 0. The van der Waals surface area contributed by atoms with Gasteiger partial charge in [0.2, 0.25) is 5.72 Å². The van der Waals surface area contributed by atoms with Gasteiger partial charge in [0.05, 0.1) is 0 Å². The fourth-order valence-corrected chi connectivity index (χ4v) is 0.884. The molecule has 0 saturated heterocycles. The van der Waals surface area contributed by atoms with Crippen molar-refractivity contribution in [3.8, 4) is 0 Å². The molecule has 1 atom stereocenters. The molecule has 0 aliphatic rings. The zero-order chi connectivity index (χ0) is 9.28. The topological polar surface area (TPSA) is 83.5 Å². The number of hydrogen-bond acceptors (Lipinski definition) is 3. The lowest BCUT2D eigenvalue weighted by Gasteiger charge is -2.26. The van der Waals surface area contributed by atoms with Crippen molar-refractivity contribution in [2.24, 2.45) is 11.1 Å². The molecule has 11 heavy (non-hydrogen) atoms. The van der Waals surface area contributed by atoms with Crippen LogP contribution in [0.15, 0.2) is 0 Å². The Balaban J connectivity index is 4.25. The van der Waals surface area contributed by atoms with Crippen LogP contribution in [0.2, 0.25) is 0 Å². The molecule has 0 bridgehead atoms. The zero-order valence-electron chi connectivity index (χ0n) is 7.09. The second-order valence-electron chi connectivity index (χ2n) is 3.97. The van der Waals surface area contributed by atoms with E-state index in [9.17, 15) is 4.79 Å². The van der Waals surface area contributed by atoms with E-state index < -0.39 is 11.7 Å². The summed E-state index contributed by atoms with van der Waals surface area (Å²) in [6, 6.07) is 0. The summed E-state index contributed by atoms with van der Waals surface area (Å²) in [6.07, 6.45) is 0.0370. The number of aliphatic carboxylic acids is 1. The van der Waals surface area contributed by atoms with Gasteiger partial charge in [-0.2, -0.15) is 0 Å². The lowest BCUT2D eigenvalue weighted by molar-refractivity contribution is -0.161. The van der Waals surface area contributed by atoms with Gasteiger partial charge in [-0.05, 0) is 5.41 Å². The third-order valence-electron chi connectivity index (χ3n) is 1.17. The smallest absolute Gasteiger partial charge is 0.351 e. The highest BCUT2D eigenvalue weighted by molar-refractivity contribution is 5.76. The van der Waals surface area contributed by atoms with E-state index in [1.165, 1.54) is 0 Å². The maximum absolute atomic E-state index is 10.3. The molecule has 4 N–H and O–H groups in total. The van der Waals surface area contributed by atoms with Gasteiger partial charge in [-0.3, -0.25) is 5.73 Å². The molecule has 0 saturated carbocycles. The summed E-state index contributed by atoms with van der Waals surface area (Å²) in [6.45, 7) is 5.44. The first-order valence-electron chi connectivity index (χ1n) is 3.40. The highest BCUT2D eigenvalue weighted by atomic mass is 16.4. The predicted octanol–water partition coefficient (Wildman–Crippen LogP) is 0.154. The van der Waals surface area contributed by atoms with Gasteiger partial charge in [0.15, 0.2) is 0 Å². The van der Waals surface area contributed by atoms with Gasteiger partial charge in [-0.25, -0.2) is 4.79 Å². The molecule has 0 aromatic heterocycles. The van der Waals surface area contributed by atoms with Gasteiger partial charge >= 0.3 is 5.97 Å². The van der Waals surface area contributed by atoms with Crippen molar-refractivity contribution < 1.29 is 15.0 Å². The summed E-state index contributed by atoms with van der Waals surface area (Å²) in [5, 5.41) is 17.5. The van der Waals surface area contributed by atoms with Gasteiger partial charge in [0.1, 0.15) is 0 Å². The lowest BCUT2D eigenvalue weighted by Crippen LogP contribution is -2.50. The number of hydrogen-bond donors (Lipinski definition) is 3. The SMILES string of the molecule is CC(C)(C)CC(N)(O)C(=O)O. The average Bonchev–Trinajstić information content (AvgIpc) is 1.56. The van der Waals surface area contributed by atoms with Crippen LogP contribution in [-0.4, -0.2) is 21.9 Å². The molecule has 0 spiro atoms. The lowest BCUT2D eigenvalue weighted by atomic mass is 9.86. The van der Waals surface area contributed by atoms with Crippen LogP contribution in [0.4, 0.5) is 0 Å². The van der Waals surface area contributed by atoms with E-state index in [0.29, 0.717) is 0 Å². The monoisotopic (exact) mass is 161 g/mol. The van der Waals surface area contributed by atoms with Crippen molar-refractivity contribution in [2.75, 3.05) is 0 Å². The largest absolute Gasteiger partial charge is 0.478 e. The van der Waals surface area contributed by atoms with Crippen molar-refractivity contribution in [1.82, 2.24) is 0 Å². The molecular weight excluding hydrogens is 146 g/mol. The first-order valence-corrected chi connectivity index (χ1v) is 3.40. The number of rotatable bonds is 2. The molecule has 0 fully saturated rings. The quantitative estimate of drug-likeness (QED) is 0.503. The number of carboxylic acids is 1. The Morgan fingerprint density at radius 3 is 1.91 bits per heavy atom. The van der Waals surface area contributed by atoms with E-state index in [-0.39, 0.29) is 11.8 Å².